The molecule has 0 saturated carbocycles. The van der Waals surface area contributed by atoms with Gasteiger partial charge in [-0.3, -0.25) is 14.2 Å². The number of furan rings is 1. The molecule has 6 nitrogen and oxygen atoms in total. The number of benzene rings is 2. The lowest BCUT2D eigenvalue weighted by atomic mass is 10.1. The second-order valence-corrected chi connectivity index (χ2v) is 6.92. The number of carbonyl (C=O) groups is 1. The molecule has 0 saturated heterocycles. The standard InChI is InChI=1S/C23H20FN3O3/c1-3-19(26(2)23(29)20-9-6-14-30-20)21-25-18-8-5-4-7-17(18)22(28)27(21)16-12-10-15(24)11-13-16/h4-14,19H,3H2,1-2H3. The minimum Gasteiger partial charge on any atom is -0.459 e. The lowest BCUT2D eigenvalue weighted by Crippen LogP contribution is -2.35. The first kappa shape index (κ1) is 19.6. The molecule has 1 unspecified atom stereocenters. The van der Waals surface area contributed by atoms with E-state index in [0.717, 1.165) is 0 Å². The van der Waals surface area contributed by atoms with Gasteiger partial charge >= 0.3 is 0 Å². The van der Waals surface area contributed by atoms with Crippen LogP contribution in [0.15, 0.2) is 76.1 Å². The molecule has 0 aliphatic rings. The number of carbonyl (C=O) groups excluding carboxylic acids is 1. The molecule has 0 N–H and O–H groups in total. The van der Waals surface area contributed by atoms with Crippen LogP contribution in [0.4, 0.5) is 4.39 Å². The number of para-hydroxylation sites is 1. The quantitative estimate of drug-likeness (QED) is 0.495. The van der Waals surface area contributed by atoms with E-state index >= 15 is 0 Å². The average Bonchev–Trinajstić information content (AvgIpc) is 3.30. The zero-order valence-corrected chi connectivity index (χ0v) is 16.6. The topological polar surface area (TPSA) is 68.3 Å². The van der Waals surface area contributed by atoms with Gasteiger partial charge in [-0.15, -0.1) is 0 Å². The van der Waals surface area contributed by atoms with E-state index in [-0.39, 0.29) is 17.2 Å². The van der Waals surface area contributed by atoms with E-state index in [1.165, 1.54) is 40.0 Å². The van der Waals surface area contributed by atoms with Gasteiger partial charge in [-0.2, -0.15) is 0 Å². The first-order valence-corrected chi connectivity index (χ1v) is 9.59. The van der Waals surface area contributed by atoms with E-state index in [9.17, 15) is 14.0 Å². The van der Waals surface area contributed by atoms with Gasteiger partial charge in [0.25, 0.3) is 11.5 Å². The molecule has 0 fully saturated rings. The highest BCUT2D eigenvalue weighted by Gasteiger charge is 2.28. The maximum atomic E-state index is 13.5. The molecular formula is C23H20FN3O3. The minimum absolute atomic E-state index is 0.201. The van der Waals surface area contributed by atoms with Crippen LogP contribution >= 0.6 is 0 Å². The molecule has 0 radical (unpaired) electrons. The molecule has 30 heavy (non-hydrogen) atoms. The Morgan fingerprint density at radius 3 is 2.53 bits per heavy atom. The molecule has 2 aromatic heterocycles. The molecule has 2 heterocycles. The Balaban J connectivity index is 1.93. The summed E-state index contributed by atoms with van der Waals surface area (Å²) in [7, 11) is 1.65. The third kappa shape index (κ3) is 3.39. The fourth-order valence-electron chi connectivity index (χ4n) is 3.56. The van der Waals surface area contributed by atoms with Crippen molar-refractivity contribution >= 4 is 16.8 Å². The first-order valence-electron chi connectivity index (χ1n) is 9.59. The Kier molecular flexibility index (Phi) is 5.18. The maximum absolute atomic E-state index is 13.5. The van der Waals surface area contributed by atoms with Crippen molar-refractivity contribution in [2.45, 2.75) is 19.4 Å². The van der Waals surface area contributed by atoms with Crippen LogP contribution < -0.4 is 5.56 Å². The molecule has 0 aliphatic heterocycles. The number of halogens is 1. The fraction of sp³-hybridized carbons (Fsp3) is 0.174. The summed E-state index contributed by atoms with van der Waals surface area (Å²) in [4.78, 5) is 32.5. The number of fused-ring (bicyclic) bond motifs is 1. The summed E-state index contributed by atoms with van der Waals surface area (Å²) in [5, 5.41) is 0.445. The van der Waals surface area contributed by atoms with Gasteiger partial charge in [0.1, 0.15) is 11.6 Å². The van der Waals surface area contributed by atoms with Gasteiger partial charge in [0.05, 0.1) is 28.9 Å². The van der Waals surface area contributed by atoms with E-state index in [2.05, 4.69) is 0 Å². The second-order valence-electron chi connectivity index (χ2n) is 6.92. The summed E-state index contributed by atoms with van der Waals surface area (Å²) in [6.45, 7) is 1.91. The lowest BCUT2D eigenvalue weighted by Gasteiger charge is -2.28. The van der Waals surface area contributed by atoms with Crippen LogP contribution in [0.1, 0.15) is 35.8 Å². The van der Waals surface area contributed by atoms with Crippen molar-refractivity contribution in [2.24, 2.45) is 0 Å². The monoisotopic (exact) mass is 405 g/mol. The summed E-state index contributed by atoms with van der Waals surface area (Å²) in [5.41, 5.74) is 0.736. The summed E-state index contributed by atoms with van der Waals surface area (Å²) in [6.07, 6.45) is 1.94. The highest BCUT2D eigenvalue weighted by atomic mass is 19.1. The molecule has 4 rings (SSSR count). The number of aromatic nitrogens is 2. The van der Waals surface area contributed by atoms with Crippen LogP contribution in [0.2, 0.25) is 0 Å². The Morgan fingerprint density at radius 1 is 1.13 bits per heavy atom. The largest absolute Gasteiger partial charge is 0.459 e. The third-order valence-corrected chi connectivity index (χ3v) is 5.09. The van der Waals surface area contributed by atoms with Crippen molar-refractivity contribution in [1.29, 1.82) is 0 Å². The Hall–Kier alpha value is -3.74. The van der Waals surface area contributed by atoms with Crippen molar-refractivity contribution in [3.8, 4) is 5.69 Å². The number of hydrogen-bond donors (Lipinski definition) is 0. The highest BCUT2D eigenvalue weighted by molar-refractivity contribution is 5.91. The zero-order valence-electron chi connectivity index (χ0n) is 16.6. The van der Waals surface area contributed by atoms with Crippen LogP contribution in [-0.4, -0.2) is 27.4 Å². The zero-order chi connectivity index (χ0) is 21.3. The van der Waals surface area contributed by atoms with E-state index in [1.54, 1.807) is 43.4 Å². The molecule has 152 valence electrons. The van der Waals surface area contributed by atoms with Gasteiger partial charge in [-0.05, 0) is 55.0 Å². The molecule has 0 spiro atoms. The predicted octanol–water partition coefficient (Wildman–Crippen LogP) is 4.34. The molecule has 7 heteroatoms. The molecule has 1 atom stereocenters. The Morgan fingerprint density at radius 2 is 1.87 bits per heavy atom. The van der Waals surface area contributed by atoms with Crippen LogP contribution in [0, 0.1) is 5.82 Å². The third-order valence-electron chi connectivity index (χ3n) is 5.09. The number of nitrogens with zero attached hydrogens (tertiary/aromatic N) is 3. The minimum atomic E-state index is -0.509. The van der Waals surface area contributed by atoms with Gasteiger partial charge < -0.3 is 9.32 Å². The van der Waals surface area contributed by atoms with Gasteiger partial charge in [-0.25, -0.2) is 9.37 Å². The predicted molar refractivity (Wildman–Crippen MR) is 111 cm³/mol. The molecule has 2 aromatic carbocycles. The van der Waals surface area contributed by atoms with Crippen molar-refractivity contribution < 1.29 is 13.6 Å². The number of amides is 1. The van der Waals surface area contributed by atoms with Crippen molar-refractivity contribution in [1.82, 2.24) is 14.5 Å². The SMILES string of the molecule is CCC(c1nc2ccccc2c(=O)n1-c1ccc(F)cc1)N(C)C(=O)c1ccco1. The van der Waals surface area contributed by atoms with Gasteiger partial charge in [0, 0.05) is 7.05 Å². The first-order chi connectivity index (χ1) is 14.5. The maximum Gasteiger partial charge on any atom is 0.289 e. The lowest BCUT2D eigenvalue weighted by molar-refractivity contribution is 0.0684. The highest BCUT2D eigenvalue weighted by Crippen LogP contribution is 2.26. The van der Waals surface area contributed by atoms with Crippen LogP contribution in [0.5, 0.6) is 0 Å². The van der Waals surface area contributed by atoms with Gasteiger partial charge in [0.2, 0.25) is 0 Å². The van der Waals surface area contributed by atoms with Gasteiger partial charge in [0.15, 0.2) is 5.76 Å². The average molecular weight is 405 g/mol. The van der Waals surface area contributed by atoms with E-state index < -0.39 is 11.9 Å². The summed E-state index contributed by atoms with van der Waals surface area (Å²) in [5.74, 6) is -0.123. The van der Waals surface area contributed by atoms with Crippen LogP contribution in [0.3, 0.4) is 0 Å². The Bertz CT molecular complexity index is 1250. The van der Waals surface area contributed by atoms with Gasteiger partial charge in [-0.1, -0.05) is 19.1 Å². The van der Waals surface area contributed by atoms with E-state index in [0.29, 0.717) is 28.8 Å². The molecule has 0 aliphatic carbocycles. The summed E-state index contributed by atoms with van der Waals surface area (Å²) < 4.78 is 20.2. The number of hydrogen-bond acceptors (Lipinski definition) is 4. The summed E-state index contributed by atoms with van der Waals surface area (Å²) >= 11 is 0. The molecule has 4 aromatic rings. The van der Waals surface area contributed by atoms with Crippen LogP contribution in [-0.2, 0) is 0 Å². The molecule has 1 amide bonds. The van der Waals surface area contributed by atoms with E-state index in [4.69, 9.17) is 9.40 Å². The van der Waals surface area contributed by atoms with Crippen LogP contribution in [0.25, 0.3) is 16.6 Å². The normalized spacial score (nSPS) is 12.1. The molecule has 0 bridgehead atoms. The fourth-order valence-corrected chi connectivity index (χ4v) is 3.56. The smallest absolute Gasteiger partial charge is 0.289 e. The van der Waals surface area contributed by atoms with E-state index in [1.807, 2.05) is 6.92 Å². The van der Waals surface area contributed by atoms with Crippen molar-refractivity contribution in [2.75, 3.05) is 7.05 Å². The van der Waals surface area contributed by atoms with Crippen molar-refractivity contribution in [3.05, 3.63) is 94.7 Å². The summed E-state index contributed by atoms with van der Waals surface area (Å²) in [6, 6.07) is 15.4. The molecular weight excluding hydrogens is 385 g/mol. The Labute approximate surface area is 172 Å². The second kappa shape index (κ2) is 7.94. The van der Waals surface area contributed by atoms with Crippen molar-refractivity contribution in [3.63, 3.8) is 0 Å². The number of rotatable bonds is 5.